The molecule has 0 bridgehead atoms. The van der Waals surface area contributed by atoms with Gasteiger partial charge in [0.2, 0.25) is 0 Å². The molecule has 0 amide bonds. The van der Waals surface area contributed by atoms with Gasteiger partial charge in [0.05, 0.1) is 5.52 Å². The van der Waals surface area contributed by atoms with E-state index in [-0.39, 0.29) is 0 Å². The van der Waals surface area contributed by atoms with Gasteiger partial charge in [-0.1, -0.05) is 12.1 Å². The second-order valence-corrected chi connectivity index (χ2v) is 3.09. The monoisotopic (exact) mass is 186 g/mol. The number of carbonyl (C=O) groups is 1. The molecule has 2 N–H and O–H groups in total. The molecular weight excluding hydrogens is 176 g/mol. The highest BCUT2D eigenvalue weighted by Crippen LogP contribution is 2.13. The second kappa shape index (κ2) is 3.55. The molecule has 0 spiro atoms. The molecule has 1 aromatic heterocycles. The highest BCUT2D eigenvalue weighted by molar-refractivity contribution is 5.83. The van der Waals surface area contributed by atoms with Crippen molar-refractivity contribution in [3.8, 4) is 0 Å². The lowest BCUT2D eigenvalue weighted by Gasteiger charge is -2.00. The van der Waals surface area contributed by atoms with E-state index in [4.69, 9.17) is 5.73 Å². The first-order valence-corrected chi connectivity index (χ1v) is 4.38. The number of pyridine rings is 1. The zero-order valence-electron chi connectivity index (χ0n) is 7.60. The molecule has 0 fully saturated rings. The van der Waals surface area contributed by atoms with E-state index >= 15 is 0 Å². The van der Waals surface area contributed by atoms with Crippen LogP contribution in [-0.2, 0) is 6.54 Å². The fourth-order valence-corrected chi connectivity index (χ4v) is 1.38. The van der Waals surface area contributed by atoms with Crippen LogP contribution in [0.3, 0.4) is 0 Å². The summed E-state index contributed by atoms with van der Waals surface area (Å²) >= 11 is 0. The molecule has 0 unspecified atom stereocenters. The van der Waals surface area contributed by atoms with Gasteiger partial charge in [-0.25, -0.2) is 4.98 Å². The van der Waals surface area contributed by atoms with E-state index in [2.05, 4.69) is 4.98 Å². The number of fused-ring (bicyclic) bond motifs is 1. The normalized spacial score (nSPS) is 10.4. The Balaban J connectivity index is 2.63. The molecule has 0 saturated heterocycles. The molecular formula is C11H10N2O. The van der Waals surface area contributed by atoms with Crippen molar-refractivity contribution in [2.24, 2.45) is 5.73 Å². The van der Waals surface area contributed by atoms with E-state index in [0.29, 0.717) is 12.2 Å². The lowest BCUT2D eigenvalue weighted by Crippen LogP contribution is -1.96. The van der Waals surface area contributed by atoms with Crippen molar-refractivity contribution in [1.82, 2.24) is 4.98 Å². The molecule has 3 nitrogen and oxygen atoms in total. The highest BCUT2D eigenvalue weighted by Gasteiger charge is 1.98. The zero-order chi connectivity index (χ0) is 9.97. The minimum absolute atomic E-state index is 0.456. The summed E-state index contributed by atoms with van der Waals surface area (Å²) in [5.41, 5.74) is 7.87. The van der Waals surface area contributed by atoms with Gasteiger partial charge in [0.15, 0.2) is 6.29 Å². The maximum atomic E-state index is 10.5. The first-order valence-electron chi connectivity index (χ1n) is 4.38. The molecule has 3 heteroatoms. The largest absolute Gasteiger partial charge is 0.326 e. The number of nitrogens with two attached hydrogens (primary N) is 1. The van der Waals surface area contributed by atoms with E-state index < -0.39 is 0 Å². The summed E-state index contributed by atoms with van der Waals surface area (Å²) in [5, 5.41) is 1.01. The average molecular weight is 186 g/mol. The number of benzene rings is 1. The van der Waals surface area contributed by atoms with Gasteiger partial charge in [-0.2, -0.15) is 0 Å². The summed E-state index contributed by atoms with van der Waals surface area (Å²) < 4.78 is 0. The van der Waals surface area contributed by atoms with Crippen LogP contribution >= 0.6 is 0 Å². The number of hydrogen-bond donors (Lipinski definition) is 1. The van der Waals surface area contributed by atoms with Crippen LogP contribution in [0.25, 0.3) is 10.9 Å². The number of carbonyl (C=O) groups excluding carboxylic acids is 1. The standard InChI is InChI=1S/C11H10N2O/c12-6-8-1-4-11-9(5-8)2-3-10(7-14)13-11/h1-5,7H,6,12H2. The molecule has 14 heavy (non-hydrogen) atoms. The summed E-state index contributed by atoms with van der Waals surface area (Å²) in [6, 6.07) is 9.37. The highest BCUT2D eigenvalue weighted by atomic mass is 16.1. The Morgan fingerprint density at radius 2 is 2.14 bits per heavy atom. The van der Waals surface area contributed by atoms with E-state index in [9.17, 15) is 4.79 Å². The summed E-state index contributed by atoms with van der Waals surface area (Å²) in [4.78, 5) is 14.7. The van der Waals surface area contributed by atoms with Gasteiger partial charge in [0.25, 0.3) is 0 Å². The van der Waals surface area contributed by atoms with Crippen molar-refractivity contribution in [1.29, 1.82) is 0 Å². The Labute approximate surface area is 81.6 Å². The van der Waals surface area contributed by atoms with E-state index in [0.717, 1.165) is 22.8 Å². The molecule has 1 heterocycles. The third-order valence-corrected chi connectivity index (χ3v) is 2.13. The van der Waals surface area contributed by atoms with Crippen molar-refractivity contribution in [3.63, 3.8) is 0 Å². The second-order valence-electron chi connectivity index (χ2n) is 3.09. The minimum Gasteiger partial charge on any atom is -0.326 e. The Morgan fingerprint density at radius 3 is 2.86 bits per heavy atom. The smallest absolute Gasteiger partial charge is 0.168 e. The van der Waals surface area contributed by atoms with E-state index in [1.54, 1.807) is 6.07 Å². The van der Waals surface area contributed by atoms with Crippen molar-refractivity contribution < 1.29 is 4.79 Å². The molecule has 0 aliphatic carbocycles. The van der Waals surface area contributed by atoms with Crippen LogP contribution in [0.5, 0.6) is 0 Å². The minimum atomic E-state index is 0.456. The van der Waals surface area contributed by atoms with Gasteiger partial charge in [0, 0.05) is 11.9 Å². The molecule has 1 aromatic carbocycles. The molecule has 0 aliphatic rings. The van der Waals surface area contributed by atoms with Gasteiger partial charge < -0.3 is 5.73 Å². The SMILES string of the molecule is NCc1ccc2nc(C=O)ccc2c1. The third kappa shape index (κ3) is 1.49. The molecule has 0 saturated carbocycles. The van der Waals surface area contributed by atoms with Gasteiger partial charge in [-0.3, -0.25) is 4.79 Å². The molecule has 0 radical (unpaired) electrons. The molecule has 2 rings (SSSR count). The Kier molecular flexibility index (Phi) is 2.24. The van der Waals surface area contributed by atoms with Crippen molar-refractivity contribution in [2.45, 2.75) is 6.54 Å². The third-order valence-electron chi connectivity index (χ3n) is 2.13. The topological polar surface area (TPSA) is 56.0 Å². The number of aromatic nitrogens is 1. The van der Waals surface area contributed by atoms with Gasteiger partial charge >= 0.3 is 0 Å². The number of nitrogens with zero attached hydrogens (tertiary/aromatic N) is 1. The summed E-state index contributed by atoms with van der Waals surface area (Å²) in [6.45, 7) is 0.519. The Morgan fingerprint density at radius 1 is 1.29 bits per heavy atom. The number of hydrogen-bond acceptors (Lipinski definition) is 3. The summed E-state index contributed by atoms with van der Waals surface area (Å²) in [5.74, 6) is 0. The first-order chi connectivity index (χ1) is 6.83. The van der Waals surface area contributed by atoms with Gasteiger partial charge in [0.1, 0.15) is 5.69 Å². The van der Waals surface area contributed by atoms with Gasteiger partial charge in [-0.05, 0) is 23.8 Å². The van der Waals surface area contributed by atoms with Crippen LogP contribution in [0.4, 0.5) is 0 Å². The maximum Gasteiger partial charge on any atom is 0.168 e. The van der Waals surface area contributed by atoms with Gasteiger partial charge in [-0.15, -0.1) is 0 Å². The molecule has 0 atom stereocenters. The Bertz CT molecular complexity index is 480. The summed E-state index contributed by atoms with van der Waals surface area (Å²) in [7, 11) is 0. The number of rotatable bonds is 2. The molecule has 70 valence electrons. The van der Waals surface area contributed by atoms with Crippen LogP contribution in [0.15, 0.2) is 30.3 Å². The molecule has 0 aliphatic heterocycles. The predicted octanol–water partition coefficient (Wildman–Crippen LogP) is 1.51. The van der Waals surface area contributed by atoms with Crippen LogP contribution in [0.2, 0.25) is 0 Å². The zero-order valence-corrected chi connectivity index (χ0v) is 7.60. The van der Waals surface area contributed by atoms with E-state index in [1.165, 1.54) is 0 Å². The maximum absolute atomic E-state index is 10.5. The van der Waals surface area contributed by atoms with Crippen molar-refractivity contribution in [3.05, 3.63) is 41.6 Å². The lowest BCUT2D eigenvalue weighted by atomic mass is 10.1. The fraction of sp³-hybridized carbons (Fsp3) is 0.0909. The summed E-state index contributed by atoms with van der Waals surface area (Å²) in [6.07, 6.45) is 0.746. The van der Waals surface area contributed by atoms with Crippen LogP contribution < -0.4 is 5.73 Å². The van der Waals surface area contributed by atoms with E-state index in [1.807, 2.05) is 24.3 Å². The quantitative estimate of drug-likeness (QED) is 0.723. The average Bonchev–Trinajstić information content (AvgIpc) is 2.27. The van der Waals surface area contributed by atoms with Crippen molar-refractivity contribution >= 4 is 17.2 Å². The van der Waals surface area contributed by atoms with Crippen LogP contribution in [0.1, 0.15) is 16.1 Å². The predicted molar refractivity (Wildman–Crippen MR) is 55.0 cm³/mol. The Hall–Kier alpha value is -1.74. The van der Waals surface area contributed by atoms with Crippen LogP contribution in [-0.4, -0.2) is 11.3 Å². The van der Waals surface area contributed by atoms with Crippen molar-refractivity contribution in [2.75, 3.05) is 0 Å². The lowest BCUT2D eigenvalue weighted by molar-refractivity contribution is 0.111. The first kappa shape index (κ1) is 8.84. The molecule has 2 aromatic rings. The van der Waals surface area contributed by atoms with Crippen LogP contribution in [0, 0.1) is 0 Å². The fourth-order valence-electron chi connectivity index (χ4n) is 1.38. The number of aldehydes is 1.